The molecule has 0 aliphatic heterocycles. The normalized spacial score (nSPS) is 10.9. The lowest BCUT2D eigenvalue weighted by atomic mass is 10.3. The highest BCUT2D eigenvalue weighted by molar-refractivity contribution is 5.81. The van der Waals surface area contributed by atoms with Crippen molar-refractivity contribution in [1.82, 2.24) is 4.57 Å². The Hall–Kier alpha value is -3.99. The maximum absolute atomic E-state index is 5.86. The summed E-state index contributed by atoms with van der Waals surface area (Å²) in [5, 5.41) is 0. The van der Waals surface area contributed by atoms with E-state index in [1.54, 1.807) is 14.2 Å². The van der Waals surface area contributed by atoms with Crippen LogP contribution in [0.3, 0.4) is 0 Å². The van der Waals surface area contributed by atoms with E-state index >= 15 is 0 Å². The van der Waals surface area contributed by atoms with E-state index in [9.17, 15) is 0 Å². The van der Waals surface area contributed by atoms with Crippen LogP contribution in [0.15, 0.2) is 96.1 Å². The van der Waals surface area contributed by atoms with Gasteiger partial charge in [-0.2, -0.15) is 0 Å². The van der Waals surface area contributed by atoms with Crippen molar-refractivity contribution in [2.75, 3.05) is 14.2 Å². The van der Waals surface area contributed by atoms with E-state index < -0.39 is 0 Å². The third-order valence-corrected chi connectivity index (χ3v) is 4.61. The molecule has 0 bridgehead atoms. The molecular formula is C25H22N2O3. The Morgan fingerprint density at radius 3 is 1.80 bits per heavy atom. The molecule has 5 heteroatoms. The van der Waals surface area contributed by atoms with Gasteiger partial charge in [-0.25, -0.2) is 0 Å². The molecule has 0 amide bonds. The van der Waals surface area contributed by atoms with Crippen LogP contribution in [0.5, 0.6) is 23.0 Å². The van der Waals surface area contributed by atoms with Crippen molar-refractivity contribution in [3.05, 3.63) is 96.8 Å². The van der Waals surface area contributed by atoms with Gasteiger partial charge >= 0.3 is 0 Å². The highest BCUT2D eigenvalue weighted by Crippen LogP contribution is 2.26. The maximum atomic E-state index is 5.86. The summed E-state index contributed by atoms with van der Waals surface area (Å²) >= 11 is 0. The number of hydrogen-bond donors (Lipinski definition) is 0. The van der Waals surface area contributed by atoms with E-state index in [0.717, 1.165) is 40.1 Å². The molecule has 0 aliphatic rings. The van der Waals surface area contributed by atoms with Crippen molar-refractivity contribution in [1.29, 1.82) is 0 Å². The van der Waals surface area contributed by atoms with Gasteiger partial charge in [0.2, 0.25) is 0 Å². The summed E-state index contributed by atoms with van der Waals surface area (Å²) in [5.74, 6) is 3.13. The molecule has 0 atom stereocenters. The Kier molecular flexibility index (Phi) is 5.80. The van der Waals surface area contributed by atoms with Crippen LogP contribution in [-0.2, 0) is 0 Å². The fourth-order valence-electron chi connectivity index (χ4n) is 3.00. The predicted octanol–water partition coefficient (Wildman–Crippen LogP) is 6.04. The Bertz CT molecular complexity index is 1110. The van der Waals surface area contributed by atoms with Gasteiger partial charge < -0.3 is 18.8 Å². The van der Waals surface area contributed by atoms with E-state index in [-0.39, 0.29) is 0 Å². The second-order valence-corrected chi connectivity index (χ2v) is 6.53. The van der Waals surface area contributed by atoms with Crippen LogP contribution >= 0.6 is 0 Å². The Labute approximate surface area is 175 Å². The first-order valence-electron chi connectivity index (χ1n) is 9.53. The van der Waals surface area contributed by atoms with Crippen LogP contribution in [0.4, 0.5) is 5.69 Å². The van der Waals surface area contributed by atoms with Crippen LogP contribution in [0.25, 0.3) is 5.69 Å². The summed E-state index contributed by atoms with van der Waals surface area (Å²) in [4.78, 5) is 4.60. The molecular weight excluding hydrogens is 376 g/mol. The van der Waals surface area contributed by atoms with Crippen LogP contribution in [-0.4, -0.2) is 25.0 Å². The van der Waals surface area contributed by atoms with Gasteiger partial charge in [0.15, 0.2) is 0 Å². The van der Waals surface area contributed by atoms with Gasteiger partial charge in [0.25, 0.3) is 0 Å². The fraction of sp³-hybridized carbons (Fsp3) is 0.0800. The maximum Gasteiger partial charge on any atom is 0.127 e. The third kappa shape index (κ3) is 4.52. The van der Waals surface area contributed by atoms with Crippen LogP contribution in [0.2, 0.25) is 0 Å². The summed E-state index contributed by atoms with van der Waals surface area (Å²) in [6.45, 7) is 0. The lowest BCUT2D eigenvalue weighted by molar-refractivity contribution is 0.413. The summed E-state index contributed by atoms with van der Waals surface area (Å²) in [7, 11) is 3.30. The van der Waals surface area contributed by atoms with E-state index in [4.69, 9.17) is 14.2 Å². The van der Waals surface area contributed by atoms with E-state index in [2.05, 4.69) is 9.56 Å². The lowest BCUT2D eigenvalue weighted by Gasteiger charge is -2.08. The van der Waals surface area contributed by atoms with Crippen molar-refractivity contribution < 1.29 is 14.2 Å². The zero-order chi connectivity index (χ0) is 20.8. The van der Waals surface area contributed by atoms with Gasteiger partial charge in [-0.3, -0.25) is 4.99 Å². The molecule has 0 radical (unpaired) electrons. The van der Waals surface area contributed by atoms with Crippen LogP contribution in [0, 0.1) is 0 Å². The zero-order valence-electron chi connectivity index (χ0n) is 16.9. The summed E-state index contributed by atoms with van der Waals surface area (Å²) in [6, 6.07) is 27.1. The standard InChI is InChI=1S/C25H22N2O3/c1-28-22-11-7-20(8-12-22)27-17-3-4-21(27)18-26-19-5-9-24(10-6-19)30-25-15-13-23(29-2)14-16-25/h3-18H,1-2H3. The molecule has 0 saturated heterocycles. The predicted molar refractivity (Wildman–Crippen MR) is 119 cm³/mol. The van der Waals surface area contributed by atoms with E-state index in [1.165, 1.54) is 0 Å². The fourth-order valence-corrected chi connectivity index (χ4v) is 3.00. The summed E-state index contributed by atoms with van der Waals surface area (Å²) in [5.41, 5.74) is 2.88. The van der Waals surface area contributed by atoms with E-state index in [0.29, 0.717) is 0 Å². The van der Waals surface area contributed by atoms with Gasteiger partial charge in [0, 0.05) is 11.9 Å². The number of rotatable bonds is 7. The molecule has 4 rings (SSSR count). The summed E-state index contributed by atoms with van der Waals surface area (Å²) < 4.78 is 18.3. The van der Waals surface area contributed by atoms with Crippen molar-refractivity contribution in [2.24, 2.45) is 4.99 Å². The number of aliphatic imine (C=N–C) groups is 1. The molecule has 0 unspecified atom stereocenters. The number of aromatic nitrogens is 1. The lowest BCUT2D eigenvalue weighted by Crippen LogP contribution is -1.97. The molecule has 0 aliphatic carbocycles. The molecule has 0 saturated carbocycles. The SMILES string of the molecule is COc1ccc(Oc2ccc(N=Cc3cccn3-c3ccc(OC)cc3)cc2)cc1. The molecule has 150 valence electrons. The second kappa shape index (κ2) is 9.01. The molecule has 5 nitrogen and oxygen atoms in total. The van der Waals surface area contributed by atoms with Crippen molar-refractivity contribution in [3.8, 4) is 28.7 Å². The Morgan fingerprint density at radius 2 is 1.20 bits per heavy atom. The second-order valence-electron chi connectivity index (χ2n) is 6.53. The topological polar surface area (TPSA) is 45.0 Å². The average Bonchev–Trinajstić information content (AvgIpc) is 3.28. The number of methoxy groups -OCH3 is 2. The van der Waals surface area contributed by atoms with Crippen LogP contribution < -0.4 is 14.2 Å². The minimum atomic E-state index is 0.751. The molecule has 0 spiro atoms. The summed E-state index contributed by atoms with van der Waals surface area (Å²) in [6.07, 6.45) is 3.86. The number of nitrogens with zero attached hydrogens (tertiary/aromatic N) is 2. The van der Waals surface area contributed by atoms with Crippen molar-refractivity contribution >= 4 is 11.9 Å². The molecule has 30 heavy (non-hydrogen) atoms. The first-order valence-corrected chi connectivity index (χ1v) is 9.53. The van der Waals surface area contributed by atoms with E-state index in [1.807, 2.05) is 97.3 Å². The Morgan fingerprint density at radius 1 is 0.667 bits per heavy atom. The average molecular weight is 398 g/mol. The smallest absolute Gasteiger partial charge is 0.127 e. The van der Waals surface area contributed by atoms with Crippen molar-refractivity contribution in [2.45, 2.75) is 0 Å². The minimum absolute atomic E-state index is 0.751. The quantitative estimate of drug-likeness (QED) is 0.357. The van der Waals surface area contributed by atoms with Gasteiger partial charge in [0.05, 0.1) is 31.8 Å². The number of hydrogen-bond acceptors (Lipinski definition) is 4. The minimum Gasteiger partial charge on any atom is -0.497 e. The monoisotopic (exact) mass is 398 g/mol. The van der Waals surface area contributed by atoms with Crippen molar-refractivity contribution in [3.63, 3.8) is 0 Å². The molecule has 0 fully saturated rings. The van der Waals surface area contributed by atoms with Gasteiger partial charge in [-0.15, -0.1) is 0 Å². The molecule has 4 aromatic rings. The van der Waals surface area contributed by atoms with Crippen LogP contribution in [0.1, 0.15) is 5.69 Å². The molecule has 1 heterocycles. The number of ether oxygens (including phenoxy) is 3. The highest BCUT2D eigenvalue weighted by Gasteiger charge is 2.02. The molecule has 1 aromatic heterocycles. The van der Waals surface area contributed by atoms with Gasteiger partial charge in [-0.1, -0.05) is 0 Å². The first-order chi connectivity index (χ1) is 14.7. The first kappa shape index (κ1) is 19.3. The third-order valence-electron chi connectivity index (χ3n) is 4.61. The largest absolute Gasteiger partial charge is 0.497 e. The molecule has 0 N–H and O–H groups in total. The Balaban J connectivity index is 1.45. The molecule has 3 aromatic carbocycles. The van der Waals surface area contributed by atoms with Gasteiger partial charge in [-0.05, 0) is 84.9 Å². The zero-order valence-corrected chi connectivity index (χ0v) is 16.9. The van der Waals surface area contributed by atoms with Gasteiger partial charge in [0.1, 0.15) is 23.0 Å². The highest BCUT2D eigenvalue weighted by atomic mass is 16.5. The number of benzene rings is 3.